The van der Waals surface area contributed by atoms with Gasteiger partial charge in [0.15, 0.2) is 12.1 Å². The van der Waals surface area contributed by atoms with Crippen molar-refractivity contribution < 1.29 is 47.9 Å². The molecule has 3 aliphatic heterocycles. The van der Waals surface area contributed by atoms with Crippen molar-refractivity contribution in [1.82, 2.24) is 4.90 Å². The molecule has 3 fully saturated rings. The second-order valence-electron chi connectivity index (χ2n) is 15.3. The van der Waals surface area contributed by atoms with Crippen LogP contribution in [0.4, 0.5) is 4.39 Å². The van der Waals surface area contributed by atoms with Gasteiger partial charge in [-0.15, -0.1) is 0 Å². The fourth-order valence-electron chi connectivity index (χ4n) is 8.11. The minimum Gasteiger partial charge on any atom is -0.457 e. The zero-order valence-corrected chi connectivity index (χ0v) is 31.2. The summed E-state index contributed by atoms with van der Waals surface area (Å²) in [6, 6.07) is -0.358. The predicted molar refractivity (Wildman–Crippen MR) is 182 cm³/mol. The number of halogens is 1. The molecule has 3 aliphatic rings. The molecule has 13 atom stereocenters. The van der Waals surface area contributed by atoms with Crippen LogP contribution in [0.5, 0.6) is 0 Å². The summed E-state index contributed by atoms with van der Waals surface area (Å²) in [5.41, 5.74) is -5.66. The Morgan fingerprint density at radius 1 is 1.12 bits per heavy atom. The Labute approximate surface area is 291 Å². The number of alkyl halides is 1. The molecular weight excluding hydrogens is 637 g/mol. The first-order valence-electron chi connectivity index (χ1n) is 17.8. The standard InChI is InChI=1S/C36H60FN3O9/c1-12-26-36(9,45)24-15-14-23(38)18-46-34(7,17-19(3)28(21(24)5)39-27(41)13-2)31(22(6)30(43)35(8,37)33(44)48-26)49-32-29(42)25(40(10)11)16-20(4)47-32/h19-22,24-26,29,31-32,38,42,45H,12-18H2,1-11H3/t19-,20-,21-,22+,24-,25+,26-,29-,31-,32+,34-,35+,36+/m1/s1. The molecule has 3 saturated heterocycles. The number of carbonyl (C=O) groups excluding carboxylic acids is 3. The van der Waals surface area contributed by atoms with Gasteiger partial charge in [0.1, 0.15) is 17.8 Å². The minimum absolute atomic E-state index is 0.0950. The van der Waals surface area contributed by atoms with Gasteiger partial charge < -0.3 is 39.5 Å². The summed E-state index contributed by atoms with van der Waals surface area (Å²) >= 11 is 0. The van der Waals surface area contributed by atoms with Gasteiger partial charge in [0, 0.05) is 35.7 Å². The first-order chi connectivity index (χ1) is 22.6. The van der Waals surface area contributed by atoms with Crippen molar-refractivity contribution >= 4 is 29.1 Å². The van der Waals surface area contributed by atoms with E-state index in [0.29, 0.717) is 12.1 Å². The lowest BCUT2D eigenvalue weighted by Gasteiger charge is -2.48. The topological polar surface area (TPSA) is 168 Å². The monoisotopic (exact) mass is 697 g/mol. The van der Waals surface area contributed by atoms with E-state index in [1.165, 1.54) is 13.8 Å². The average molecular weight is 698 g/mol. The summed E-state index contributed by atoms with van der Waals surface area (Å²) in [5.74, 6) is -6.03. The highest BCUT2D eigenvalue weighted by Crippen LogP contribution is 2.43. The van der Waals surface area contributed by atoms with Crippen LogP contribution >= 0.6 is 0 Å². The average Bonchev–Trinajstić information content (AvgIpc) is 3.04. The van der Waals surface area contributed by atoms with Gasteiger partial charge in [0.25, 0.3) is 5.67 Å². The largest absolute Gasteiger partial charge is 0.457 e. The highest BCUT2D eigenvalue weighted by Gasteiger charge is 2.56. The third-order valence-corrected chi connectivity index (χ3v) is 11.1. The first kappa shape index (κ1) is 41.3. The van der Waals surface area contributed by atoms with E-state index >= 15 is 4.39 Å². The van der Waals surface area contributed by atoms with Gasteiger partial charge in [0.05, 0.1) is 24.4 Å². The van der Waals surface area contributed by atoms with Gasteiger partial charge in [-0.3, -0.25) is 9.59 Å². The molecule has 3 N–H and O–H groups in total. The quantitative estimate of drug-likeness (QED) is 0.282. The number of amides is 1. The van der Waals surface area contributed by atoms with Crippen LogP contribution in [0.1, 0.15) is 101 Å². The van der Waals surface area contributed by atoms with Gasteiger partial charge in [-0.2, -0.15) is 0 Å². The molecule has 0 spiro atoms. The Morgan fingerprint density at radius 3 is 2.33 bits per heavy atom. The maximum atomic E-state index is 16.6. The van der Waals surface area contributed by atoms with E-state index in [9.17, 15) is 24.6 Å². The van der Waals surface area contributed by atoms with Crippen LogP contribution in [0.2, 0.25) is 0 Å². The number of cyclic esters (lactones) is 1. The van der Waals surface area contributed by atoms with Crippen molar-refractivity contribution in [3.8, 4) is 0 Å². The number of ether oxygens (including phenoxy) is 4. The van der Waals surface area contributed by atoms with Gasteiger partial charge in [-0.05, 0) is 85.7 Å². The maximum Gasteiger partial charge on any atom is 0.351 e. The fraction of sp³-hybridized carbons (Fsp3) is 0.861. The number of likely N-dealkylation sites (N-methyl/N-ethyl adjacent to an activating group) is 1. The van der Waals surface area contributed by atoms with E-state index in [2.05, 4.69) is 4.99 Å². The van der Waals surface area contributed by atoms with Crippen molar-refractivity contribution in [2.45, 2.75) is 154 Å². The molecule has 0 aliphatic carbocycles. The number of hydrogen-bond donors (Lipinski definition) is 3. The predicted octanol–water partition coefficient (Wildman–Crippen LogP) is 4.06. The maximum absolute atomic E-state index is 16.6. The molecule has 12 nitrogen and oxygen atoms in total. The van der Waals surface area contributed by atoms with E-state index < -0.39 is 76.9 Å². The summed E-state index contributed by atoms with van der Waals surface area (Å²) in [5, 5.41) is 32.5. The molecule has 13 heteroatoms. The van der Waals surface area contributed by atoms with Crippen molar-refractivity contribution in [3.05, 3.63) is 0 Å². The van der Waals surface area contributed by atoms with Crippen LogP contribution in [0, 0.1) is 29.1 Å². The lowest BCUT2D eigenvalue weighted by molar-refractivity contribution is -0.296. The molecule has 3 heterocycles. The third kappa shape index (κ3) is 8.84. The second-order valence-corrected chi connectivity index (χ2v) is 15.3. The number of Topliss-reactive ketones (excluding diaryl/α,β-unsaturated/α-hetero) is 1. The minimum atomic E-state index is -3.14. The van der Waals surface area contributed by atoms with Gasteiger partial charge in [0.2, 0.25) is 5.91 Å². The molecule has 0 aromatic rings. The summed E-state index contributed by atoms with van der Waals surface area (Å²) < 4.78 is 41.5. The van der Waals surface area contributed by atoms with E-state index in [1.807, 2.05) is 39.8 Å². The Bertz CT molecular complexity index is 1260. The summed E-state index contributed by atoms with van der Waals surface area (Å²) in [7, 11) is 3.65. The molecular formula is C36H60FN3O9. The van der Waals surface area contributed by atoms with Crippen LogP contribution < -0.4 is 0 Å². The Kier molecular flexibility index (Phi) is 13.5. The van der Waals surface area contributed by atoms with Crippen molar-refractivity contribution in [1.29, 1.82) is 5.41 Å². The molecule has 49 heavy (non-hydrogen) atoms. The normalized spacial score (nSPS) is 44.2. The highest BCUT2D eigenvalue weighted by molar-refractivity contribution is 6.08. The Balaban J connectivity index is 2.34. The van der Waals surface area contributed by atoms with E-state index in [0.717, 1.165) is 6.92 Å². The first-order valence-corrected chi connectivity index (χ1v) is 17.8. The highest BCUT2D eigenvalue weighted by atomic mass is 19.1. The lowest BCUT2D eigenvalue weighted by Crippen LogP contribution is -2.61. The van der Waals surface area contributed by atoms with Crippen LogP contribution in [0.15, 0.2) is 4.99 Å². The van der Waals surface area contributed by atoms with Crippen LogP contribution in [0.3, 0.4) is 0 Å². The number of hydrogen-bond acceptors (Lipinski definition) is 11. The Hall–Kier alpha value is -2.16. The van der Waals surface area contributed by atoms with Gasteiger partial charge in [-0.1, -0.05) is 34.6 Å². The van der Waals surface area contributed by atoms with E-state index in [1.54, 1.807) is 20.8 Å². The number of fused-ring (bicyclic) bond motifs is 5. The lowest BCUT2D eigenvalue weighted by atomic mass is 9.68. The van der Waals surface area contributed by atoms with Crippen molar-refractivity contribution in [2.75, 3.05) is 20.7 Å². The van der Waals surface area contributed by atoms with Crippen molar-refractivity contribution in [2.24, 2.45) is 28.7 Å². The molecule has 0 unspecified atom stereocenters. The number of nitrogens with one attached hydrogen (secondary N) is 1. The summed E-state index contributed by atoms with van der Waals surface area (Å²) in [6.07, 6.45) is -3.98. The third-order valence-electron chi connectivity index (χ3n) is 11.1. The zero-order chi connectivity index (χ0) is 37.2. The molecule has 0 aromatic carbocycles. The number of ketones is 1. The summed E-state index contributed by atoms with van der Waals surface area (Å²) in [6.45, 7) is 14.3. The molecule has 3 rings (SSSR count). The van der Waals surface area contributed by atoms with Crippen LogP contribution in [-0.4, -0.2) is 119 Å². The molecule has 0 aromatic heterocycles. The number of aliphatic imine (C=N–C) groups is 1. The fourth-order valence-corrected chi connectivity index (χ4v) is 8.11. The molecule has 1 amide bonds. The second kappa shape index (κ2) is 16.0. The summed E-state index contributed by atoms with van der Waals surface area (Å²) in [4.78, 5) is 47.1. The van der Waals surface area contributed by atoms with Gasteiger partial charge in [-0.25, -0.2) is 14.2 Å². The van der Waals surface area contributed by atoms with Crippen molar-refractivity contribution in [3.63, 3.8) is 0 Å². The Morgan fingerprint density at radius 2 is 1.76 bits per heavy atom. The molecule has 280 valence electrons. The van der Waals surface area contributed by atoms with E-state index in [4.69, 9.17) is 24.4 Å². The number of rotatable bonds is 5. The van der Waals surface area contributed by atoms with Gasteiger partial charge >= 0.3 is 5.97 Å². The molecule has 2 bridgehead atoms. The van der Waals surface area contributed by atoms with E-state index in [-0.39, 0.29) is 62.5 Å². The smallest absolute Gasteiger partial charge is 0.351 e. The SMILES string of the molecule is CCC(=O)N=C1[C@H](C)C[C@@]2(C)OCC(=N)CC[C@H]([C@H]1C)[C@](C)(O)[C@@H](CC)OC(=O)[C@@](C)(F)C(=O)[C@H](C)[C@H]2O[C@@H]1O[C@H](C)C[C@H](N(C)C)[C@H]1O. The number of nitrogens with zero attached hydrogens (tertiary/aromatic N) is 2. The zero-order valence-electron chi connectivity index (χ0n) is 31.2. The number of aliphatic hydroxyl groups excluding tert-OH is 1. The molecule has 0 radical (unpaired) electrons. The number of aliphatic hydroxyl groups is 2. The van der Waals surface area contributed by atoms with Crippen LogP contribution in [-0.2, 0) is 33.3 Å². The van der Waals surface area contributed by atoms with Crippen LogP contribution in [0.25, 0.3) is 0 Å². The molecule has 0 saturated carbocycles. The number of carbonyl (C=O) groups is 3. The number of esters is 1.